The monoisotopic (exact) mass is 574 g/mol. The van der Waals surface area contributed by atoms with Gasteiger partial charge in [0, 0.05) is 50.0 Å². The number of aromatic nitrogens is 3. The van der Waals surface area contributed by atoms with E-state index in [1.165, 1.54) is 32.1 Å². The van der Waals surface area contributed by atoms with Crippen LogP contribution < -0.4 is 20.7 Å². The number of nitrogens with one attached hydrogen (secondary N) is 1. The molecule has 1 saturated heterocycles. The quantitative estimate of drug-likeness (QED) is 0.310. The summed E-state index contributed by atoms with van der Waals surface area (Å²) >= 11 is 0. The van der Waals surface area contributed by atoms with Gasteiger partial charge in [0.25, 0.3) is 0 Å². The fourth-order valence-corrected chi connectivity index (χ4v) is 6.61. The van der Waals surface area contributed by atoms with Gasteiger partial charge in [0.1, 0.15) is 22.6 Å². The molecule has 2 fully saturated rings. The predicted octanol–water partition coefficient (Wildman–Crippen LogP) is 5.44. The van der Waals surface area contributed by atoms with Crippen LogP contribution in [0.3, 0.4) is 0 Å². The Hall–Kier alpha value is -3.17. The highest BCUT2D eigenvalue weighted by molar-refractivity contribution is 5.97. The number of hydrogen-bond donors (Lipinski definition) is 2. The van der Waals surface area contributed by atoms with Crippen molar-refractivity contribution in [2.24, 2.45) is 0 Å². The number of pyridine rings is 1. The van der Waals surface area contributed by atoms with Crippen molar-refractivity contribution in [2.45, 2.75) is 77.3 Å². The summed E-state index contributed by atoms with van der Waals surface area (Å²) in [5.74, 6) is 2.16. The summed E-state index contributed by atoms with van der Waals surface area (Å²) in [6.45, 7) is 9.75. The van der Waals surface area contributed by atoms with E-state index in [0.29, 0.717) is 23.4 Å². The van der Waals surface area contributed by atoms with Gasteiger partial charge >= 0.3 is 0 Å². The lowest BCUT2D eigenvalue weighted by molar-refractivity contribution is 0.162. The topological polar surface area (TPSA) is 95.7 Å². The van der Waals surface area contributed by atoms with E-state index in [2.05, 4.69) is 71.1 Å². The molecular weight excluding hydrogens is 524 g/mol. The molecule has 0 spiro atoms. The maximum atomic E-state index is 6.34. The molecule has 0 amide bonds. The Bertz CT molecular complexity index is 1330. The number of methoxy groups -OCH3 is 1. The molecule has 0 unspecified atom stereocenters. The highest BCUT2D eigenvalue weighted by atomic mass is 16.5. The highest BCUT2D eigenvalue weighted by Crippen LogP contribution is 2.38. The molecule has 9 nitrogen and oxygen atoms in total. The number of ether oxygens (including phenoxy) is 1. The molecule has 1 aliphatic carbocycles. The second-order valence-electron chi connectivity index (χ2n) is 12.1. The van der Waals surface area contributed by atoms with Crippen molar-refractivity contribution < 1.29 is 4.74 Å². The zero-order valence-electron chi connectivity index (χ0n) is 26.3. The molecule has 1 saturated carbocycles. The number of piperidine rings is 1. The van der Waals surface area contributed by atoms with E-state index < -0.39 is 0 Å². The largest absolute Gasteiger partial charge is 0.495 e. The van der Waals surface area contributed by atoms with Crippen LogP contribution in [0.5, 0.6) is 5.75 Å². The number of likely N-dealkylation sites (N-methyl/N-ethyl adjacent to an activating group) is 2. The molecule has 3 aromatic rings. The van der Waals surface area contributed by atoms with Crippen LogP contribution >= 0.6 is 0 Å². The van der Waals surface area contributed by atoms with Crippen molar-refractivity contribution in [3.63, 3.8) is 0 Å². The fourth-order valence-electron chi connectivity index (χ4n) is 6.61. The van der Waals surface area contributed by atoms with Crippen molar-refractivity contribution in [1.82, 2.24) is 24.8 Å². The number of benzene rings is 1. The molecular formula is C33H50N8O. The molecule has 3 N–H and O–H groups in total. The third kappa shape index (κ3) is 6.73. The normalized spacial score (nSPS) is 17.0. The second-order valence-corrected chi connectivity index (χ2v) is 12.1. The number of rotatable bonds is 11. The van der Waals surface area contributed by atoms with E-state index in [1.807, 2.05) is 6.20 Å². The molecule has 0 atom stereocenters. The van der Waals surface area contributed by atoms with Crippen molar-refractivity contribution in [1.29, 1.82) is 0 Å². The van der Waals surface area contributed by atoms with Gasteiger partial charge in [-0.15, -0.1) is 0 Å². The lowest BCUT2D eigenvalue weighted by Gasteiger charge is -2.39. The van der Waals surface area contributed by atoms with Crippen molar-refractivity contribution in [3.05, 3.63) is 30.1 Å². The minimum atomic E-state index is 0.415. The lowest BCUT2D eigenvalue weighted by atomic mass is 9.95. The average molecular weight is 575 g/mol. The predicted molar refractivity (Wildman–Crippen MR) is 175 cm³/mol. The first kappa shape index (κ1) is 30.3. The van der Waals surface area contributed by atoms with Crippen LogP contribution in [0.1, 0.15) is 64.5 Å². The van der Waals surface area contributed by atoms with E-state index in [-0.39, 0.29) is 0 Å². The maximum Gasteiger partial charge on any atom is 0.151 e. The maximum absolute atomic E-state index is 6.34. The van der Waals surface area contributed by atoms with E-state index in [0.717, 1.165) is 91.6 Å². The Morgan fingerprint density at radius 2 is 1.76 bits per heavy atom. The third-order valence-electron chi connectivity index (χ3n) is 9.13. The van der Waals surface area contributed by atoms with E-state index in [4.69, 9.17) is 20.4 Å². The number of anilines is 3. The summed E-state index contributed by atoms with van der Waals surface area (Å²) in [7, 11) is 6.06. The number of nitrogen functional groups attached to an aromatic ring is 1. The van der Waals surface area contributed by atoms with Crippen molar-refractivity contribution in [3.8, 4) is 16.9 Å². The molecule has 3 heterocycles. The van der Waals surface area contributed by atoms with Gasteiger partial charge in [0.15, 0.2) is 5.82 Å². The van der Waals surface area contributed by atoms with Crippen LogP contribution in [0, 0.1) is 0 Å². The molecule has 228 valence electrons. The number of nitrogens with zero attached hydrogens (tertiary/aromatic N) is 6. The summed E-state index contributed by atoms with van der Waals surface area (Å²) in [6.07, 6.45) is 11.1. The van der Waals surface area contributed by atoms with Gasteiger partial charge in [0.2, 0.25) is 0 Å². The van der Waals surface area contributed by atoms with Crippen LogP contribution in [0.15, 0.2) is 24.4 Å². The molecule has 0 radical (unpaired) electrons. The minimum Gasteiger partial charge on any atom is -0.495 e. The van der Waals surface area contributed by atoms with Crippen molar-refractivity contribution >= 4 is 28.4 Å². The first-order chi connectivity index (χ1) is 20.4. The number of nitrogens with two attached hydrogens (primary N) is 1. The lowest BCUT2D eigenvalue weighted by Crippen LogP contribution is -2.46. The molecule has 1 aliphatic heterocycles. The number of aryl methyl sites for hydroxylation is 1. The molecule has 2 aromatic heterocycles. The summed E-state index contributed by atoms with van der Waals surface area (Å²) in [6, 6.07) is 7.55. The molecule has 42 heavy (non-hydrogen) atoms. The van der Waals surface area contributed by atoms with Crippen LogP contribution in [0.25, 0.3) is 22.2 Å². The van der Waals surface area contributed by atoms with E-state index >= 15 is 0 Å². The summed E-state index contributed by atoms with van der Waals surface area (Å²) in [5, 5.41) is 3.72. The molecule has 2 aliphatic rings. The summed E-state index contributed by atoms with van der Waals surface area (Å²) in [4.78, 5) is 22.0. The molecule has 1 aromatic carbocycles. The Labute approximate surface area is 251 Å². The average Bonchev–Trinajstić information content (AvgIpc) is 3.02. The van der Waals surface area contributed by atoms with Gasteiger partial charge < -0.3 is 25.6 Å². The number of fused-ring (bicyclic) bond motifs is 1. The summed E-state index contributed by atoms with van der Waals surface area (Å²) < 4.78 is 5.97. The zero-order valence-corrected chi connectivity index (χ0v) is 26.3. The van der Waals surface area contributed by atoms with Gasteiger partial charge in [-0.05, 0) is 70.4 Å². The van der Waals surface area contributed by atoms with E-state index in [1.54, 1.807) is 7.11 Å². The van der Waals surface area contributed by atoms with Crippen LogP contribution in [-0.2, 0) is 6.42 Å². The second kappa shape index (κ2) is 13.9. The summed E-state index contributed by atoms with van der Waals surface area (Å²) in [5.41, 5.74) is 11.8. The number of hydrogen-bond acceptors (Lipinski definition) is 9. The first-order valence-corrected chi connectivity index (χ1v) is 16.0. The van der Waals surface area contributed by atoms with Crippen molar-refractivity contribution in [2.75, 3.05) is 69.9 Å². The molecule has 5 rings (SSSR count). The fraction of sp³-hybridized carbons (Fsp3) is 0.606. The SMILES string of the molecule is CCc1nc2c(N)ncc(-c3ccc(N4CCC(N(CC)CCN(C)C)CC4)c(OC)c3)c2nc1NC1CCCCC1. The zero-order chi connectivity index (χ0) is 29.6. The van der Waals surface area contributed by atoms with Gasteiger partial charge in [-0.2, -0.15) is 0 Å². The highest BCUT2D eigenvalue weighted by Gasteiger charge is 2.26. The standard InChI is InChI=1S/C33H50N8O/c1-6-27-33(36-24-11-9-8-10-12-24)38-30-26(22-35-32(34)31(30)37-27)23-13-14-28(29(21-23)42-5)41-17-15-25(16-18-41)40(7-2)20-19-39(3)4/h13-14,21-22,24-25H,6-12,15-20H2,1-5H3,(H2,34,35)(H,36,38). The Morgan fingerprint density at radius 3 is 2.43 bits per heavy atom. The van der Waals surface area contributed by atoms with Gasteiger partial charge in [0.05, 0.1) is 18.5 Å². The smallest absolute Gasteiger partial charge is 0.151 e. The van der Waals surface area contributed by atoms with Gasteiger partial charge in [-0.1, -0.05) is 39.2 Å². The Morgan fingerprint density at radius 1 is 1.00 bits per heavy atom. The Kier molecular flexibility index (Phi) is 10.0. The molecule has 9 heteroatoms. The van der Waals surface area contributed by atoms with Crippen LogP contribution in [-0.4, -0.2) is 90.8 Å². The van der Waals surface area contributed by atoms with E-state index in [9.17, 15) is 0 Å². The first-order valence-electron chi connectivity index (χ1n) is 16.0. The third-order valence-corrected chi connectivity index (χ3v) is 9.13. The van der Waals surface area contributed by atoms with Gasteiger partial charge in [-0.3, -0.25) is 4.90 Å². The van der Waals surface area contributed by atoms with Crippen LogP contribution in [0.2, 0.25) is 0 Å². The Balaban J connectivity index is 1.40. The van der Waals surface area contributed by atoms with Crippen LogP contribution in [0.4, 0.5) is 17.3 Å². The molecule has 0 bridgehead atoms. The minimum absolute atomic E-state index is 0.415. The van der Waals surface area contributed by atoms with Gasteiger partial charge in [-0.25, -0.2) is 15.0 Å².